The molecule has 0 saturated carbocycles. The van der Waals surface area contributed by atoms with Crippen LogP contribution in [0.5, 0.6) is 0 Å². The number of benzene rings is 1. The highest BCUT2D eigenvalue weighted by Crippen LogP contribution is 2.18. The molecule has 1 unspecified atom stereocenters. The highest BCUT2D eigenvalue weighted by molar-refractivity contribution is 5.77. The van der Waals surface area contributed by atoms with Crippen LogP contribution in [-0.4, -0.2) is 23.9 Å². The molecule has 0 aliphatic carbocycles. The van der Waals surface area contributed by atoms with Crippen molar-refractivity contribution in [3.63, 3.8) is 0 Å². The molecular weight excluding hydrogens is 214 g/mol. The van der Waals surface area contributed by atoms with Gasteiger partial charge >= 0.3 is 0 Å². The lowest BCUT2D eigenvalue weighted by Gasteiger charge is -2.15. The first-order valence-corrected chi connectivity index (χ1v) is 5.70. The molecule has 17 heavy (non-hydrogen) atoms. The number of carbonyl (C=O) groups is 1. The van der Waals surface area contributed by atoms with Gasteiger partial charge in [-0.1, -0.05) is 12.1 Å². The van der Waals surface area contributed by atoms with Gasteiger partial charge < -0.3 is 5.73 Å². The van der Waals surface area contributed by atoms with Crippen LogP contribution in [-0.2, 0) is 11.3 Å². The summed E-state index contributed by atoms with van der Waals surface area (Å²) >= 11 is 0. The van der Waals surface area contributed by atoms with Crippen molar-refractivity contribution in [2.45, 2.75) is 13.0 Å². The summed E-state index contributed by atoms with van der Waals surface area (Å²) in [6.45, 7) is 2.40. The van der Waals surface area contributed by atoms with Crippen molar-refractivity contribution in [3.8, 4) is 6.07 Å². The molecule has 4 nitrogen and oxygen atoms in total. The van der Waals surface area contributed by atoms with Gasteiger partial charge in [-0.15, -0.1) is 0 Å². The summed E-state index contributed by atoms with van der Waals surface area (Å²) in [5.74, 6) is -0.229. The average molecular weight is 229 g/mol. The Morgan fingerprint density at radius 1 is 1.59 bits per heavy atom. The number of nitrogens with zero attached hydrogens (tertiary/aromatic N) is 2. The molecule has 0 bridgehead atoms. The van der Waals surface area contributed by atoms with Crippen LogP contribution in [0.15, 0.2) is 24.3 Å². The van der Waals surface area contributed by atoms with Crippen LogP contribution >= 0.6 is 0 Å². The normalized spacial score (nSPS) is 20.1. The van der Waals surface area contributed by atoms with Crippen LogP contribution < -0.4 is 5.73 Å². The van der Waals surface area contributed by atoms with E-state index in [0.717, 1.165) is 31.6 Å². The third-order valence-electron chi connectivity index (χ3n) is 3.14. The van der Waals surface area contributed by atoms with Gasteiger partial charge in [0.1, 0.15) is 0 Å². The van der Waals surface area contributed by atoms with E-state index < -0.39 is 0 Å². The number of likely N-dealkylation sites (tertiary alicyclic amines) is 1. The standard InChI is InChI=1S/C13H15N3O/c14-7-10-2-1-3-11(6-10)8-16-5-4-12(9-16)13(15)17/h1-3,6,12H,4-5,8-9H2,(H2,15,17). The van der Waals surface area contributed by atoms with E-state index in [-0.39, 0.29) is 11.8 Å². The van der Waals surface area contributed by atoms with E-state index in [9.17, 15) is 4.79 Å². The van der Waals surface area contributed by atoms with Crippen molar-refractivity contribution < 1.29 is 4.79 Å². The molecule has 4 heteroatoms. The molecule has 1 fully saturated rings. The van der Waals surface area contributed by atoms with E-state index in [1.807, 2.05) is 18.2 Å². The third-order valence-corrected chi connectivity index (χ3v) is 3.14. The highest BCUT2D eigenvalue weighted by atomic mass is 16.1. The second-order valence-electron chi connectivity index (χ2n) is 4.44. The summed E-state index contributed by atoms with van der Waals surface area (Å²) in [4.78, 5) is 13.3. The van der Waals surface area contributed by atoms with E-state index in [2.05, 4.69) is 11.0 Å². The average Bonchev–Trinajstić information content (AvgIpc) is 2.78. The van der Waals surface area contributed by atoms with Gasteiger partial charge in [0.05, 0.1) is 17.6 Å². The molecule has 2 N–H and O–H groups in total. The van der Waals surface area contributed by atoms with Crippen molar-refractivity contribution in [2.24, 2.45) is 11.7 Å². The minimum Gasteiger partial charge on any atom is -0.369 e. The fraction of sp³-hybridized carbons (Fsp3) is 0.385. The van der Waals surface area contributed by atoms with E-state index in [0.29, 0.717) is 5.56 Å². The zero-order valence-electron chi connectivity index (χ0n) is 9.60. The fourth-order valence-electron chi connectivity index (χ4n) is 2.21. The predicted molar refractivity (Wildman–Crippen MR) is 63.7 cm³/mol. The molecule has 88 valence electrons. The smallest absolute Gasteiger partial charge is 0.221 e. The quantitative estimate of drug-likeness (QED) is 0.835. The topological polar surface area (TPSA) is 70.1 Å². The van der Waals surface area contributed by atoms with Crippen molar-refractivity contribution in [1.82, 2.24) is 4.90 Å². The first kappa shape index (κ1) is 11.6. The van der Waals surface area contributed by atoms with E-state index in [1.165, 1.54) is 0 Å². The van der Waals surface area contributed by atoms with Gasteiger partial charge in [-0.25, -0.2) is 0 Å². The summed E-state index contributed by atoms with van der Waals surface area (Å²) in [6, 6.07) is 9.69. The van der Waals surface area contributed by atoms with Crippen LogP contribution in [0.25, 0.3) is 0 Å². The molecule has 0 aromatic heterocycles. The Morgan fingerprint density at radius 3 is 3.06 bits per heavy atom. The maximum atomic E-state index is 11.1. The van der Waals surface area contributed by atoms with E-state index >= 15 is 0 Å². The number of amides is 1. The first-order valence-electron chi connectivity index (χ1n) is 5.70. The molecule has 1 aromatic carbocycles. The molecule has 1 aliphatic rings. The Kier molecular flexibility index (Phi) is 3.40. The molecule has 0 radical (unpaired) electrons. The summed E-state index contributed by atoms with van der Waals surface area (Å²) < 4.78 is 0. The molecule has 1 aromatic rings. The second-order valence-corrected chi connectivity index (χ2v) is 4.44. The van der Waals surface area contributed by atoms with E-state index in [1.54, 1.807) is 6.07 Å². The number of rotatable bonds is 3. The minimum absolute atomic E-state index is 0.0193. The number of nitrogens with two attached hydrogens (primary N) is 1. The second kappa shape index (κ2) is 4.98. The van der Waals surface area contributed by atoms with Gasteiger partial charge in [0.15, 0.2) is 0 Å². The van der Waals surface area contributed by atoms with Gasteiger partial charge in [-0.3, -0.25) is 9.69 Å². The van der Waals surface area contributed by atoms with Crippen molar-refractivity contribution >= 4 is 5.91 Å². The summed E-state index contributed by atoms with van der Waals surface area (Å²) in [7, 11) is 0. The lowest BCUT2D eigenvalue weighted by molar-refractivity contribution is -0.121. The Morgan fingerprint density at radius 2 is 2.41 bits per heavy atom. The lowest BCUT2D eigenvalue weighted by atomic mass is 10.1. The SMILES string of the molecule is N#Cc1cccc(CN2CCC(C(N)=O)C2)c1. The summed E-state index contributed by atoms with van der Waals surface area (Å²) in [5.41, 5.74) is 7.07. The third kappa shape index (κ3) is 2.83. The molecule has 1 atom stereocenters. The minimum atomic E-state index is -0.210. The maximum Gasteiger partial charge on any atom is 0.221 e. The number of nitriles is 1. The van der Waals surface area contributed by atoms with Gasteiger partial charge in [0, 0.05) is 13.1 Å². The van der Waals surface area contributed by atoms with Gasteiger partial charge in [-0.2, -0.15) is 5.26 Å². The molecule has 1 amide bonds. The lowest BCUT2D eigenvalue weighted by Crippen LogP contribution is -2.27. The molecule has 2 rings (SSSR count). The van der Waals surface area contributed by atoms with Crippen LogP contribution in [0, 0.1) is 17.2 Å². The Labute approximate surface area is 101 Å². The predicted octanol–water partition coefficient (Wildman–Crippen LogP) is 0.865. The van der Waals surface area contributed by atoms with Crippen molar-refractivity contribution in [2.75, 3.05) is 13.1 Å². The van der Waals surface area contributed by atoms with Crippen LogP contribution in [0.3, 0.4) is 0 Å². The Hall–Kier alpha value is -1.86. The van der Waals surface area contributed by atoms with Gasteiger partial charge in [0.25, 0.3) is 0 Å². The Bertz CT molecular complexity index is 464. The zero-order chi connectivity index (χ0) is 12.3. The Balaban J connectivity index is 1.98. The van der Waals surface area contributed by atoms with E-state index in [4.69, 9.17) is 11.0 Å². The first-order chi connectivity index (χ1) is 8.19. The maximum absolute atomic E-state index is 11.1. The summed E-state index contributed by atoms with van der Waals surface area (Å²) in [6.07, 6.45) is 0.841. The summed E-state index contributed by atoms with van der Waals surface area (Å²) in [5, 5.41) is 8.81. The highest BCUT2D eigenvalue weighted by Gasteiger charge is 2.26. The molecule has 1 aliphatic heterocycles. The zero-order valence-corrected chi connectivity index (χ0v) is 9.60. The van der Waals surface area contributed by atoms with Gasteiger partial charge in [-0.05, 0) is 30.7 Å². The largest absolute Gasteiger partial charge is 0.369 e. The fourth-order valence-corrected chi connectivity index (χ4v) is 2.21. The number of hydrogen-bond donors (Lipinski definition) is 1. The molecule has 0 spiro atoms. The molecule has 1 saturated heterocycles. The molecular formula is C13H15N3O. The monoisotopic (exact) mass is 229 g/mol. The van der Waals surface area contributed by atoms with Crippen molar-refractivity contribution in [3.05, 3.63) is 35.4 Å². The van der Waals surface area contributed by atoms with Gasteiger partial charge in [0.2, 0.25) is 5.91 Å². The van der Waals surface area contributed by atoms with Crippen LogP contribution in [0.1, 0.15) is 17.5 Å². The van der Waals surface area contributed by atoms with Crippen molar-refractivity contribution in [1.29, 1.82) is 5.26 Å². The number of carbonyl (C=O) groups excluding carboxylic acids is 1. The van der Waals surface area contributed by atoms with Crippen LogP contribution in [0.4, 0.5) is 0 Å². The number of hydrogen-bond acceptors (Lipinski definition) is 3. The molecule has 1 heterocycles. The van der Waals surface area contributed by atoms with Crippen LogP contribution in [0.2, 0.25) is 0 Å². The number of primary amides is 1.